The summed E-state index contributed by atoms with van der Waals surface area (Å²) in [5.41, 5.74) is 0. The molecule has 0 aromatic carbocycles. The second kappa shape index (κ2) is 11.3. The van der Waals surface area contributed by atoms with Crippen LogP contribution < -0.4 is 5.32 Å². The molecule has 14 heavy (non-hydrogen) atoms. The van der Waals surface area contributed by atoms with Crippen molar-refractivity contribution in [3.8, 4) is 0 Å². The van der Waals surface area contributed by atoms with Crippen LogP contribution in [0.2, 0.25) is 0 Å². The molecule has 0 aromatic heterocycles. The predicted molar refractivity (Wildman–Crippen MR) is 66.2 cm³/mol. The van der Waals surface area contributed by atoms with E-state index in [9.17, 15) is 0 Å². The van der Waals surface area contributed by atoms with Gasteiger partial charge in [0.1, 0.15) is 0 Å². The normalized spacial score (nSPS) is 13.1. The summed E-state index contributed by atoms with van der Waals surface area (Å²) in [4.78, 5) is 0. The Balaban J connectivity index is 3.15. The Morgan fingerprint density at radius 2 is 2.07 bits per heavy atom. The van der Waals surface area contributed by atoms with Crippen LogP contribution in [0.5, 0.6) is 0 Å². The Kier molecular flexibility index (Phi) is 11.6. The van der Waals surface area contributed by atoms with Gasteiger partial charge in [-0.25, -0.2) is 0 Å². The molecule has 0 fully saturated rings. The van der Waals surface area contributed by atoms with Crippen LogP contribution >= 0.6 is 11.8 Å². The molecule has 0 bridgehead atoms. The third kappa shape index (κ3) is 8.85. The van der Waals surface area contributed by atoms with Crippen molar-refractivity contribution in [2.45, 2.75) is 39.2 Å². The second-order valence-corrected chi connectivity index (χ2v) is 4.39. The summed E-state index contributed by atoms with van der Waals surface area (Å²) in [6.45, 7) is 7.17. The van der Waals surface area contributed by atoms with E-state index in [1.807, 2.05) is 11.8 Å². The minimum Gasteiger partial charge on any atom is -0.380 e. The highest BCUT2D eigenvalue weighted by atomic mass is 32.2. The topological polar surface area (TPSA) is 21.3 Å². The van der Waals surface area contributed by atoms with Crippen molar-refractivity contribution < 1.29 is 4.74 Å². The lowest BCUT2D eigenvalue weighted by Crippen LogP contribution is -2.33. The first kappa shape index (κ1) is 14.3. The fourth-order valence-corrected chi connectivity index (χ4v) is 1.96. The smallest absolute Gasteiger partial charge is 0.0591 e. The zero-order valence-corrected chi connectivity index (χ0v) is 10.7. The molecule has 1 atom stereocenters. The van der Waals surface area contributed by atoms with Crippen LogP contribution in [0.25, 0.3) is 0 Å². The Morgan fingerprint density at radius 3 is 2.64 bits per heavy atom. The van der Waals surface area contributed by atoms with Crippen LogP contribution in [-0.2, 0) is 4.74 Å². The van der Waals surface area contributed by atoms with Gasteiger partial charge in [-0.15, -0.1) is 0 Å². The summed E-state index contributed by atoms with van der Waals surface area (Å²) < 4.78 is 5.48. The summed E-state index contributed by atoms with van der Waals surface area (Å²) in [5, 5.41) is 3.50. The van der Waals surface area contributed by atoms with E-state index in [-0.39, 0.29) is 0 Å². The Labute approximate surface area is 93.2 Å². The van der Waals surface area contributed by atoms with E-state index in [4.69, 9.17) is 4.74 Å². The van der Waals surface area contributed by atoms with E-state index in [0.717, 1.165) is 19.8 Å². The zero-order chi connectivity index (χ0) is 10.6. The summed E-state index contributed by atoms with van der Waals surface area (Å²) in [5.74, 6) is 1.20. The first-order chi connectivity index (χ1) is 6.85. The van der Waals surface area contributed by atoms with E-state index >= 15 is 0 Å². The quantitative estimate of drug-likeness (QED) is 0.571. The lowest BCUT2D eigenvalue weighted by atomic mass is 10.2. The third-order valence-electron chi connectivity index (χ3n) is 2.18. The third-order valence-corrected chi connectivity index (χ3v) is 2.92. The monoisotopic (exact) mass is 219 g/mol. The molecule has 0 aliphatic carbocycles. The van der Waals surface area contributed by atoms with Gasteiger partial charge in [-0.05, 0) is 19.1 Å². The van der Waals surface area contributed by atoms with E-state index in [2.05, 4.69) is 25.4 Å². The largest absolute Gasteiger partial charge is 0.380 e. The van der Waals surface area contributed by atoms with E-state index < -0.39 is 0 Å². The highest BCUT2D eigenvalue weighted by Crippen LogP contribution is 2.00. The van der Waals surface area contributed by atoms with E-state index in [0.29, 0.717) is 6.04 Å². The van der Waals surface area contributed by atoms with Crippen molar-refractivity contribution in [1.29, 1.82) is 0 Å². The number of ether oxygens (including phenoxy) is 1. The molecule has 0 radical (unpaired) electrons. The van der Waals surface area contributed by atoms with Gasteiger partial charge in [0, 0.05) is 24.9 Å². The number of unbranched alkanes of at least 4 members (excludes halogenated alkanes) is 1. The molecule has 0 aliphatic heterocycles. The van der Waals surface area contributed by atoms with Gasteiger partial charge < -0.3 is 10.1 Å². The summed E-state index contributed by atoms with van der Waals surface area (Å²) in [6, 6.07) is 0.653. The highest BCUT2D eigenvalue weighted by molar-refractivity contribution is 7.98. The fraction of sp³-hybridized carbons (Fsp3) is 1.00. The molecule has 86 valence electrons. The molecular formula is C11H25NOS. The van der Waals surface area contributed by atoms with Gasteiger partial charge in [0.25, 0.3) is 0 Å². The summed E-state index contributed by atoms with van der Waals surface area (Å²) in [6.07, 6.45) is 5.76. The van der Waals surface area contributed by atoms with Gasteiger partial charge in [0.05, 0.1) is 6.61 Å². The average molecular weight is 219 g/mol. The predicted octanol–water partition coefficient (Wildman–Crippen LogP) is 2.53. The molecule has 3 heteroatoms. The first-order valence-corrected chi connectivity index (χ1v) is 7.04. The van der Waals surface area contributed by atoms with Crippen molar-refractivity contribution >= 4 is 11.8 Å². The second-order valence-electron chi connectivity index (χ2n) is 3.48. The van der Waals surface area contributed by atoms with Crippen LogP contribution in [0.1, 0.15) is 33.1 Å². The van der Waals surface area contributed by atoms with Crippen LogP contribution in [0.4, 0.5) is 0 Å². The standard InChI is InChI=1S/C11H25NOS/c1-4-6-8-13-9-7-12-11(5-2)10-14-3/h11-12H,4-10H2,1-3H3. The maximum absolute atomic E-state index is 5.48. The van der Waals surface area contributed by atoms with E-state index in [1.54, 1.807) is 0 Å². The molecule has 0 rings (SSSR count). The van der Waals surface area contributed by atoms with Crippen LogP contribution in [0.15, 0.2) is 0 Å². The molecule has 0 aromatic rings. The molecular weight excluding hydrogens is 194 g/mol. The first-order valence-electron chi connectivity index (χ1n) is 5.65. The molecule has 0 heterocycles. The lowest BCUT2D eigenvalue weighted by Gasteiger charge is -2.15. The average Bonchev–Trinajstić information content (AvgIpc) is 2.21. The minimum atomic E-state index is 0.653. The zero-order valence-electron chi connectivity index (χ0n) is 9.84. The molecule has 0 amide bonds. The van der Waals surface area contributed by atoms with Crippen molar-refractivity contribution in [1.82, 2.24) is 5.32 Å². The molecule has 0 spiro atoms. The van der Waals surface area contributed by atoms with Crippen LogP contribution in [0, 0.1) is 0 Å². The van der Waals surface area contributed by atoms with Gasteiger partial charge >= 0.3 is 0 Å². The van der Waals surface area contributed by atoms with Gasteiger partial charge in [-0.2, -0.15) is 11.8 Å². The fourth-order valence-electron chi connectivity index (χ4n) is 1.21. The number of hydrogen-bond donors (Lipinski definition) is 1. The van der Waals surface area contributed by atoms with Crippen molar-refractivity contribution in [2.24, 2.45) is 0 Å². The highest BCUT2D eigenvalue weighted by Gasteiger charge is 2.02. The molecule has 1 N–H and O–H groups in total. The van der Waals surface area contributed by atoms with Crippen molar-refractivity contribution in [3.63, 3.8) is 0 Å². The van der Waals surface area contributed by atoms with E-state index in [1.165, 1.54) is 25.0 Å². The molecule has 0 saturated heterocycles. The number of hydrogen-bond acceptors (Lipinski definition) is 3. The summed E-state index contributed by atoms with van der Waals surface area (Å²) >= 11 is 1.90. The Bertz CT molecular complexity index is 111. The number of thioether (sulfide) groups is 1. The molecule has 1 unspecified atom stereocenters. The Morgan fingerprint density at radius 1 is 1.29 bits per heavy atom. The molecule has 0 aliphatic rings. The molecule has 2 nitrogen and oxygen atoms in total. The van der Waals surface area contributed by atoms with Crippen LogP contribution in [0.3, 0.4) is 0 Å². The van der Waals surface area contributed by atoms with Gasteiger partial charge in [-0.3, -0.25) is 0 Å². The molecule has 0 saturated carbocycles. The maximum Gasteiger partial charge on any atom is 0.0591 e. The maximum atomic E-state index is 5.48. The van der Waals surface area contributed by atoms with Gasteiger partial charge in [0.15, 0.2) is 0 Å². The number of rotatable bonds is 10. The van der Waals surface area contributed by atoms with Crippen molar-refractivity contribution in [2.75, 3.05) is 31.8 Å². The number of nitrogens with one attached hydrogen (secondary N) is 1. The lowest BCUT2D eigenvalue weighted by molar-refractivity contribution is 0.131. The summed E-state index contributed by atoms with van der Waals surface area (Å²) in [7, 11) is 0. The Hall–Kier alpha value is 0.270. The van der Waals surface area contributed by atoms with Gasteiger partial charge in [-0.1, -0.05) is 20.3 Å². The SMILES string of the molecule is CCCCOCCNC(CC)CSC. The van der Waals surface area contributed by atoms with Crippen molar-refractivity contribution in [3.05, 3.63) is 0 Å². The minimum absolute atomic E-state index is 0.653. The van der Waals surface area contributed by atoms with Crippen LogP contribution in [-0.4, -0.2) is 37.8 Å². The van der Waals surface area contributed by atoms with Gasteiger partial charge in [0.2, 0.25) is 0 Å².